The van der Waals surface area contributed by atoms with Gasteiger partial charge in [0.05, 0.1) is 12.7 Å². The third-order valence-corrected chi connectivity index (χ3v) is 4.23. The standard InChI is InChI=1S/C17H20N2O3/c1-12-3-4-15-14(11-22-16(15)9-12)10-17(21)19-7-5-18(6-8-19)13(2)20/h3-4,9,11H,5-8,10H2,1-2H3. The Hall–Kier alpha value is -2.30. The Morgan fingerprint density at radius 1 is 1.14 bits per heavy atom. The van der Waals surface area contributed by atoms with E-state index in [9.17, 15) is 9.59 Å². The van der Waals surface area contributed by atoms with Gasteiger partial charge in [-0.15, -0.1) is 0 Å². The summed E-state index contributed by atoms with van der Waals surface area (Å²) in [6, 6.07) is 6.01. The zero-order chi connectivity index (χ0) is 15.7. The summed E-state index contributed by atoms with van der Waals surface area (Å²) in [6.07, 6.45) is 2.02. The van der Waals surface area contributed by atoms with E-state index < -0.39 is 0 Å². The number of fused-ring (bicyclic) bond motifs is 1. The molecule has 1 aliphatic heterocycles. The largest absolute Gasteiger partial charge is 0.464 e. The molecule has 2 heterocycles. The summed E-state index contributed by atoms with van der Waals surface area (Å²) in [6.45, 7) is 6.03. The van der Waals surface area contributed by atoms with Gasteiger partial charge in [-0.2, -0.15) is 0 Å². The summed E-state index contributed by atoms with van der Waals surface area (Å²) >= 11 is 0. The topological polar surface area (TPSA) is 53.8 Å². The van der Waals surface area contributed by atoms with E-state index in [0.717, 1.165) is 22.1 Å². The number of nitrogens with zero attached hydrogens (tertiary/aromatic N) is 2. The van der Waals surface area contributed by atoms with E-state index in [1.165, 1.54) is 0 Å². The molecule has 116 valence electrons. The highest BCUT2D eigenvalue weighted by Crippen LogP contribution is 2.23. The number of amides is 2. The van der Waals surface area contributed by atoms with Crippen LogP contribution in [0, 0.1) is 6.92 Å². The molecular formula is C17H20N2O3. The molecule has 1 aromatic carbocycles. The molecule has 1 fully saturated rings. The second kappa shape index (κ2) is 5.83. The molecule has 0 radical (unpaired) electrons. The first-order valence-electron chi connectivity index (χ1n) is 7.54. The number of piperazine rings is 1. The van der Waals surface area contributed by atoms with Crippen molar-refractivity contribution < 1.29 is 14.0 Å². The summed E-state index contributed by atoms with van der Waals surface area (Å²) in [5.74, 6) is 0.162. The van der Waals surface area contributed by atoms with Crippen molar-refractivity contribution in [3.63, 3.8) is 0 Å². The molecule has 0 unspecified atom stereocenters. The van der Waals surface area contributed by atoms with Gasteiger partial charge in [-0.05, 0) is 18.6 Å². The van der Waals surface area contributed by atoms with Gasteiger partial charge < -0.3 is 14.2 Å². The Kier molecular flexibility index (Phi) is 3.88. The molecule has 0 aliphatic carbocycles. The van der Waals surface area contributed by atoms with Crippen LogP contribution in [0.5, 0.6) is 0 Å². The summed E-state index contributed by atoms with van der Waals surface area (Å²) in [5, 5.41) is 1.00. The molecule has 5 nitrogen and oxygen atoms in total. The van der Waals surface area contributed by atoms with Gasteiger partial charge in [-0.3, -0.25) is 9.59 Å². The molecule has 0 spiro atoms. The minimum Gasteiger partial charge on any atom is -0.464 e. The fourth-order valence-electron chi connectivity index (χ4n) is 2.87. The number of hydrogen-bond acceptors (Lipinski definition) is 3. The first-order chi connectivity index (χ1) is 10.5. The van der Waals surface area contributed by atoms with Gasteiger partial charge in [0.15, 0.2) is 0 Å². The maximum atomic E-state index is 12.4. The minimum absolute atomic E-state index is 0.0725. The van der Waals surface area contributed by atoms with Crippen LogP contribution in [0.4, 0.5) is 0 Å². The number of carbonyl (C=O) groups excluding carboxylic acids is 2. The van der Waals surface area contributed by atoms with Gasteiger partial charge in [0.1, 0.15) is 5.58 Å². The SMILES string of the molecule is CC(=O)N1CCN(C(=O)Cc2coc3cc(C)ccc23)CC1. The van der Waals surface area contributed by atoms with Crippen molar-refractivity contribution in [1.82, 2.24) is 9.80 Å². The molecule has 1 aliphatic rings. The highest BCUT2D eigenvalue weighted by atomic mass is 16.3. The Balaban J connectivity index is 1.68. The van der Waals surface area contributed by atoms with Crippen LogP contribution in [0.25, 0.3) is 11.0 Å². The number of aryl methyl sites for hydroxylation is 1. The quantitative estimate of drug-likeness (QED) is 0.852. The number of hydrogen-bond donors (Lipinski definition) is 0. The Bertz CT molecular complexity index is 712. The fraction of sp³-hybridized carbons (Fsp3) is 0.412. The molecule has 5 heteroatoms. The van der Waals surface area contributed by atoms with Gasteiger partial charge in [-0.1, -0.05) is 12.1 Å². The Morgan fingerprint density at radius 2 is 1.82 bits per heavy atom. The number of furan rings is 1. The first kappa shape index (κ1) is 14.6. The van der Waals surface area contributed by atoms with Crippen molar-refractivity contribution in [2.45, 2.75) is 20.3 Å². The highest BCUT2D eigenvalue weighted by molar-refractivity contribution is 5.88. The van der Waals surface area contributed by atoms with Crippen molar-refractivity contribution >= 4 is 22.8 Å². The van der Waals surface area contributed by atoms with Crippen molar-refractivity contribution in [3.8, 4) is 0 Å². The maximum absolute atomic E-state index is 12.4. The lowest BCUT2D eigenvalue weighted by Crippen LogP contribution is -2.50. The maximum Gasteiger partial charge on any atom is 0.227 e. The molecule has 0 N–H and O–H groups in total. The summed E-state index contributed by atoms with van der Waals surface area (Å²) in [5.41, 5.74) is 2.89. The molecular weight excluding hydrogens is 280 g/mol. The number of rotatable bonds is 2. The van der Waals surface area contributed by atoms with Crippen molar-refractivity contribution in [3.05, 3.63) is 35.6 Å². The number of carbonyl (C=O) groups is 2. The summed E-state index contributed by atoms with van der Waals surface area (Å²) < 4.78 is 5.54. The lowest BCUT2D eigenvalue weighted by atomic mass is 10.1. The molecule has 0 atom stereocenters. The van der Waals surface area contributed by atoms with Crippen molar-refractivity contribution in [2.24, 2.45) is 0 Å². The van der Waals surface area contributed by atoms with E-state index in [0.29, 0.717) is 32.6 Å². The summed E-state index contributed by atoms with van der Waals surface area (Å²) in [4.78, 5) is 27.4. The minimum atomic E-state index is 0.0725. The van der Waals surface area contributed by atoms with E-state index in [-0.39, 0.29) is 11.8 Å². The van der Waals surface area contributed by atoms with Crippen molar-refractivity contribution in [1.29, 1.82) is 0 Å². The molecule has 2 aromatic rings. The zero-order valence-corrected chi connectivity index (χ0v) is 13.0. The third-order valence-electron chi connectivity index (χ3n) is 4.23. The van der Waals surface area contributed by atoms with Crippen LogP contribution in [-0.2, 0) is 16.0 Å². The first-order valence-corrected chi connectivity index (χ1v) is 7.54. The Morgan fingerprint density at radius 3 is 2.50 bits per heavy atom. The highest BCUT2D eigenvalue weighted by Gasteiger charge is 2.23. The van der Waals surface area contributed by atoms with Crippen LogP contribution < -0.4 is 0 Å². The smallest absolute Gasteiger partial charge is 0.227 e. The molecule has 1 saturated heterocycles. The third kappa shape index (κ3) is 2.84. The van der Waals surface area contributed by atoms with Crippen LogP contribution in [-0.4, -0.2) is 47.8 Å². The second-order valence-corrected chi connectivity index (χ2v) is 5.82. The van der Waals surface area contributed by atoms with Gasteiger partial charge in [0, 0.05) is 44.1 Å². The van der Waals surface area contributed by atoms with Crippen LogP contribution in [0.15, 0.2) is 28.9 Å². The normalized spacial score (nSPS) is 15.4. The lowest BCUT2D eigenvalue weighted by Gasteiger charge is -2.34. The molecule has 2 amide bonds. The van der Waals surface area contributed by atoms with E-state index in [4.69, 9.17) is 4.42 Å². The van der Waals surface area contributed by atoms with Crippen LogP contribution >= 0.6 is 0 Å². The average molecular weight is 300 g/mol. The Labute approximate surface area is 129 Å². The lowest BCUT2D eigenvalue weighted by molar-refractivity contribution is -0.138. The van der Waals surface area contributed by atoms with Crippen LogP contribution in [0.3, 0.4) is 0 Å². The average Bonchev–Trinajstić information content (AvgIpc) is 2.89. The fourth-order valence-corrected chi connectivity index (χ4v) is 2.87. The molecule has 0 bridgehead atoms. The van der Waals surface area contributed by atoms with Crippen LogP contribution in [0.2, 0.25) is 0 Å². The summed E-state index contributed by atoms with van der Waals surface area (Å²) in [7, 11) is 0. The van der Waals surface area contributed by atoms with Gasteiger partial charge in [-0.25, -0.2) is 0 Å². The predicted octanol–water partition coefficient (Wildman–Crippen LogP) is 1.97. The monoisotopic (exact) mass is 300 g/mol. The van der Waals surface area contributed by atoms with Gasteiger partial charge in [0.25, 0.3) is 0 Å². The second-order valence-electron chi connectivity index (χ2n) is 5.82. The van der Waals surface area contributed by atoms with Crippen molar-refractivity contribution in [2.75, 3.05) is 26.2 Å². The predicted molar refractivity (Wildman–Crippen MR) is 83.5 cm³/mol. The zero-order valence-electron chi connectivity index (χ0n) is 13.0. The molecule has 22 heavy (non-hydrogen) atoms. The van der Waals surface area contributed by atoms with E-state index in [1.54, 1.807) is 18.1 Å². The van der Waals surface area contributed by atoms with Crippen LogP contribution in [0.1, 0.15) is 18.1 Å². The van der Waals surface area contributed by atoms with E-state index >= 15 is 0 Å². The molecule has 1 aromatic heterocycles. The van der Waals surface area contributed by atoms with E-state index in [2.05, 4.69) is 0 Å². The van der Waals surface area contributed by atoms with E-state index in [1.807, 2.05) is 30.0 Å². The molecule has 0 saturated carbocycles. The van der Waals surface area contributed by atoms with Gasteiger partial charge in [0.2, 0.25) is 11.8 Å². The number of benzene rings is 1. The molecule has 3 rings (SSSR count). The van der Waals surface area contributed by atoms with Gasteiger partial charge >= 0.3 is 0 Å².